The van der Waals surface area contributed by atoms with Crippen LogP contribution < -0.4 is 0 Å². The molecule has 0 radical (unpaired) electrons. The highest BCUT2D eigenvalue weighted by Gasteiger charge is 2.22. The standard InChI is InChI=1S/C15H21FN2O3.ClH/c1-11(17(2)8-7-14(19)20)15(21)18(3)10-12-5-4-6-13(16)9-12;/h4-6,9,11H,7-8,10H2,1-3H3,(H,19,20);1H. The van der Waals surface area contributed by atoms with Gasteiger partial charge in [-0.1, -0.05) is 12.1 Å². The van der Waals surface area contributed by atoms with Crippen LogP contribution in [0.15, 0.2) is 24.3 Å². The molecule has 22 heavy (non-hydrogen) atoms. The van der Waals surface area contributed by atoms with Gasteiger partial charge in [0.25, 0.3) is 0 Å². The molecular weight excluding hydrogens is 311 g/mol. The third kappa shape index (κ3) is 6.41. The second kappa shape index (κ2) is 9.38. The molecule has 0 spiro atoms. The number of aliphatic carboxylic acids is 1. The van der Waals surface area contributed by atoms with E-state index >= 15 is 0 Å². The van der Waals surface area contributed by atoms with Crippen LogP contribution >= 0.6 is 12.4 Å². The number of hydrogen-bond donors (Lipinski definition) is 1. The maximum Gasteiger partial charge on any atom is 0.304 e. The van der Waals surface area contributed by atoms with Gasteiger partial charge in [0.1, 0.15) is 5.82 Å². The van der Waals surface area contributed by atoms with Crippen LogP contribution in [0, 0.1) is 5.82 Å². The molecule has 1 aromatic carbocycles. The van der Waals surface area contributed by atoms with E-state index in [0.29, 0.717) is 18.7 Å². The minimum Gasteiger partial charge on any atom is -0.481 e. The molecule has 0 bridgehead atoms. The van der Waals surface area contributed by atoms with Crippen LogP contribution in [-0.4, -0.2) is 53.5 Å². The van der Waals surface area contributed by atoms with Crippen molar-refractivity contribution in [3.05, 3.63) is 35.6 Å². The lowest BCUT2D eigenvalue weighted by Crippen LogP contribution is -2.44. The summed E-state index contributed by atoms with van der Waals surface area (Å²) in [5, 5.41) is 8.66. The molecule has 0 aliphatic carbocycles. The number of carbonyl (C=O) groups excluding carboxylic acids is 1. The van der Waals surface area contributed by atoms with Gasteiger partial charge in [0.05, 0.1) is 12.5 Å². The van der Waals surface area contributed by atoms with E-state index in [1.165, 1.54) is 17.0 Å². The van der Waals surface area contributed by atoms with Crippen molar-refractivity contribution in [1.82, 2.24) is 9.80 Å². The largest absolute Gasteiger partial charge is 0.481 e. The average molecular weight is 333 g/mol. The van der Waals surface area contributed by atoms with Gasteiger partial charge in [-0.3, -0.25) is 14.5 Å². The molecule has 1 unspecified atom stereocenters. The van der Waals surface area contributed by atoms with Gasteiger partial charge in [0.2, 0.25) is 5.91 Å². The van der Waals surface area contributed by atoms with Gasteiger partial charge in [0.15, 0.2) is 0 Å². The Morgan fingerprint density at radius 3 is 2.50 bits per heavy atom. The zero-order chi connectivity index (χ0) is 16.0. The predicted octanol–water partition coefficient (Wildman–Crippen LogP) is 2.00. The van der Waals surface area contributed by atoms with E-state index in [0.717, 1.165) is 0 Å². The highest BCUT2D eigenvalue weighted by Crippen LogP contribution is 2.09. The maximum absolute atomic E-state index is 13.1. The van der Waals surface area contributed by atoms with E-state index in [4.69, 9.17) is 5.11 Å². The number of rotatable bonds is 7. The van der Waals surface area contributed by atoms with Crippen LogP contribution in [0.25, 0.3) is 0 Å². The highest BCUT2D eigenvalue weighted by atomic mass is 35.5. The molecule has 0 aliphatic heterocycles. The SMILES string of the molecule is CC(C(=O)N(C)Cc1cccc(F)c1)N(C)CCC(=O)O.Cl. The topological polar surface area (TPSA) is 60.9 Å². The van der Waals surface area contributed by atoms with Crippen molar-refractivity contribution in [3.63, 3.8) is 0 Å². The van der Waals surface area contributed by atoms with Crippen LogP contribution in [0.5, 0.6) is 0 Å². The first-order valence-corrected chi connectivity index (χ1v) is 6.72. The van der Waals surface area contributed by atoms with Gasteiger partial charge in [-0.15, -0.1) is 12.4 Å². The Morgan fingerprint density at radius 1 is 1.32 bits per heavy atom. The lowest BCUT2D eigenvalue weighted by atomic mass is 10.2. The Hall–Kier alpha value is -1.66. The number of amides is 1. The van der Waals surface area contributed by atoms with Crippen molar-refractivity contribution in [2.45, 2.75) is 25.9 Å². The summed E-state index contributed by atoms with van der Waals surface area (Å²) in [7, 11) is 3.36. The maximum atomic E-state index is 13.1. The molecule has 0 saturated heterocycles. The average Bonchev–Trinajstić information content (AvgIpc) is 2.43. The first-order chi connectivity index (χ1) is 9.81. The molecule has 5 nitrogen and oxygen atoms in total. The van der Waals surface area contributed by atoms with E-state index in [-0.39, 0.29) is 30.6 Å². The van der Waals surface area contributed by atoms with Gasteiger partial charge in [0, 0.05) is 20.1 Å². The van der Waals surface area contributed by atoms with Crippen LogP contribution in [0.2, 0.25) is 0 Å². The minimum atomic E-state index is -0.894. The zero-order valence-corrected chi connectivity index (χ0v) is 13.8. The lowest BCUT2D eigenvalue weighted by molar-refractivity contribution is -0.139. The molecule has 7 heteroatoms. The lowest BCUT2D eigenvalue weighted by Gasteiger charge is -2.27. The smallest absolute Gasteiger partial charge is 0.304 e. The number of likely N-dealkylation sites (N-methyl/N-ethyl adjacent to an activating group) is 2. The normalized spacial score (nSPS) is 11.7. The van der Waals surface area contributed by atoms with E-state index in [2.05, 4.69) is 0 Å². The molecule has 0 aliphatic rings. The Bertz CT molecular complexity index is 513. The molecule has 0 fully saturated rings. The molecule has 0 aromatic heterocycles. The number of halogens is 2. The number of carbonyl (C=O) groups is 2. The first kappa shape index (κ1) is 20.3. The second-order valence-corrected chi connectivity index (χ2v) is 5.12. The van der Waals surface area contributed by atoms with Crippen molar-refractivity contribution >= 4 is 24.3 Å². The van der Waals surface area contributed by atoms with Crippen molar-refractivity contribution in [1.29, 1.82) is 0 Å². The van der Waals surface area contributed by atoms with Crippen LogP contribution in [0.3, 0.4) is 0 Å². The Labute approximate surface area is 136 Å². The number of nitrogens with zero attached hydrogens (tertiary/aromatic N) is 2. The van der Waals surface area contributed by atoms with E-state index in [1.54, 1.807) is 38.1 Å². The molecule has 1 rings (SSSR count). The Kier molecular flexibility index (Phi) is 8.67. The molecule has 124 valence electrons. The summed E-state index contributed by atoms with van der Waals surface area (Å²) in [4.78, 5) is 26.0. The monoisotopic (exact) mass is 332 g/mol. The van der Waals surface area contributed by atoms with Gasteiger partial charge in [-0.25, -0.2) is 4.39 Å². The predicted molar refractivity (Wildman–Crippen MR) is 84.5 cm³/mol. The molecule has 0 heterocycles. The number of carboxylic acid groups (broad SMARTS) is 1. The van der Waals surface area contributed by atoms with Gasteiger partial charge < -0.3 is 10.0 Å². The molecular formula is C15H22ClFN2O3. The summed E-state index contributed by atoms with van der Waals surface area (Å²) in [6.45, 7) is 2.34. The number of benzene rings is 1. The fraction of sp³-hybridized carbons (Fsp3) is 0.467. The quantitative estimate of drug-likeness (QED) is 0.829. The number of hydrogen-bond acceptors (Lipinski definition) is 3. The Balaban J connectivity index is 0.00000441. The third-order valence-electron chi connectivity index (χ3n) is 3.38. The summed E-state index contributed by atoms with van der Waals surface area (Å²) in [5.74, 6) is -1.36. The van der Waals surface area contributed by atoms with E-state index in [1.807, 2.05) is 0 Å². The van der Waals surface area contributed by atoms with Gasteiger partial charge in [-0.2, -0.15) is 0 Å². The van der Waals surface area contributed by atoms with Gasteiger partial charge >= 0.3 is 5.97 Å². The summed E-state index contributed by atoms with van der Waals surface area (Å²) >= 11 is 0. The minimum absolute atomic E-state index is 0. The summed E-state index contributed by atoms with van der Waals surface area (Å²) in [6, 6.07) is 5.68. The van der Waals surface area contributed by atoms with Gasteiger partial charge in [-0.05, 0) is 31.7 Å². The molecule has 1 atom stereocenters. The van der Waals surface area contributed by atoms with Crippen molar-refractivity contribution in [3.8, 4) is 0 Å². The fourth-order valence-corrected chi connectivity index (χ4v) is 1.96. The highest BCUT2D eigenvalue weighted by molar-refractivity contribution is 5.85. The zero-order valence-electron chi connectivity index (χ0n) is 13.0. The van der Waals surface area contributed by atoms with E-state index in [9.17, 15) is 14.0 Å². The molecule has 0 saturated carbocycles. The second-order valence-electron chi connectivity index (χ2n) is 5.12. The first-order valence-electron chi connectivity index (χ1n) is 6.72. The van der Waals surface area contributed by atoms with Crippen molar-refractivity contribution in [2.75, 3.05) is 20.6 Å². The van der Waals surface area contributed by atoms with Crippen LogP contribution in [0.4, 0.5) is 4.39 Å². The van der Waals surface area contributed by atoms with Crippen molar-refractivity contribution < 1.29 is 19.1 Å². The fourth-order valence-electron chi connectivity index (χ4n) is 1.96. The van der Waals surface area contributed by atoms with Crippen LogP contribution in [-0.2, 0) is 16.1 Å². The molecule has 1 aromatic rings. The molecule has 1 N–H and O–H groups in total. The molecule has 1 amide bonds. The number of carboxylic acids is 1. The van der Waals surface area contributed by atoms with E-state index < -0.39 is 12.0 Å². The summed E-state index contributed by atoms with van der Waals surface area (Å²) in [6.07, 6.45) is -0.0122. The Morgan fingerprint density at radius 2 is 1.95 bits per heavy atom. The summed E-state index contributed by atoms with van der Waals surface area (Å²) in [5.41, 5.74) is 0.714. The van der Waals surface area contributed by atoms with Crippen molar-refractivity contribution in [2.24, 2.45) is 0 Å². The summed E-state index contributed by atoms with van der Waals surface area (Å²) < 4.78 is 13.1. The van der Waals surface area contributed by atoms with Crippen LogP contribution in [0.1, 0.15) is 18.9 Å². The third-order valence-corrected chi connectivity index (χ3v) is 3.38.